The first kappa shape index (κ1) is 18.0. The van der Waals surface area contributed by atoms with E-state index in [2.05, 4.69) is 9.80 Å². The molecule has 0 unspecified atom stereocenters. The Hall–Kier alpha value is -1.76. The highest BCUT2D eigenvalue weighted by Crippen LogP contribution is 2.42. The Bertz CT molecular complexity index is 634. The largest absolute Gasteiger partial charge is 0.481 e. The van der Waals surface area contributed by atoms with Crippen LogP contribution in [0.4, 0.5) is 4.39 Å². The fourth-order valence-electron chi connectivity index (χ4n) is 4.02. The van der Waals surface area contributed by atoms with Crippen molar-refractivity contribution >= 4 is 12.0 Å². The number of benzene rings is 1. The van der Waals surface area contributed by atoms with E-state index >= 15 is 0 Å². The van der Waals surface area contributed by atoms with E-state index in [-0.39, 0.29) is 11.7 Å². The number of nitrogens with zero attached hydrogens (tertiary/aromatic N) is 2. The molecule has 3 rings (SSSR count). The molecule has 25 heavy (non-hydrogen) atoms. The molecule has 2 atom stereocenters. The van der Waals surface area contributed by atoms with Crippen LogP contribution in [-0.2, 0) is 9.53 Å². The second-order valence-electron chi connectivity index (χ2n) is 7.03. The number of carboxylic acids is 1. The maximum atomic E-state index is 12.9. The number of aliphatic carboxylic acids is 1. The summed E-state index contributed by atoms with van der Waals surface area (Å²) in [6.45, 7) is 4.90. The van der Waals surface area contributed by atoms with Crippen LogP contribution in [0.1, 0.15) is 5.56 Å². The van der Waals surface area contributed by atoms with Gasteiger partial charge in [0.1, 0.15) is 5.82 Å². The van der Waals surface area contributed by atoms with Crippen molar-refractivity contribution in [3.8, 4) is 0 Å². The lowest BCUT2D eigenvalue weighted by Gasteiger charge is -2.25. The Morgan fingerprint density at radius 2 is 2.00 bits per heavy atom. The number of carbonyl (C=O) groups is 1. The summed E-state index contributed by atoms with van der Waals surface area (Å²) in [5.41, 5.74) is 0.275. The van der Waals surface area contributed by atoms with Gasteiger partial charge in [-0.2, -0.15) is 0 Å². The molecule has 136 valence electrons. The van der Waals surface area contributed by atoms with Gasteiger partial charge in [0.15, 0.2) is 0 Å². The molecule has 0 radical (unpaired) electrons. The molecule has 6 heteroatoms. The maximum Gasteiger partial charge on any atom is 0.312 e. The van der Waals surface area contributed by atoms with E-state index in [1.165, 1.54) is 12.1 Å². The van der Waals surface area contributed by atoms with Crippen LogP contribution in [-0.4, -0.2) is 73.9 Å². The van der Waals surface area contributed by atoms with Gasteiger partial charge in [0.2, 0.25) is 0 Å². The van der Waals surface area contributed by atoms with Crippen molar-refractivity contribution in [1.29, 1.82) is 0 Å². The van der Waals surface area contributed by atoms with Gasteiger partial charge in [0, 0.05) is 52.3 Å². The molecule has 2 fully saturated rings. The van der Waals surface area contributed by atoms with Gasteiger partial charge in [0.05, 0.1) is 12.0 Å². The minimum atomic E-state index is -0.692. The summed E-state index contributed by atoms with van der Waals surface area (Å²) in [6.07, 6.45) is 3.97. The number of rotatable bonds is 7. The molecule has 2 saturated heterocycles. The lowest BCUT2D eigenvalue weighted by Crippen LogP contribution is -2.41. The number of hydrogen-bond acceptors (Lipinski definition) is 4. The van der Waals surface area contributed by atoms with Gasteiger partial charge in [-0.25, -0.2) is 4.39 Å². The number of methoxy groups -OCH3 is 1. The zero-order valence-corrected chi connectivity index (χ0v) is 14.5. The molecule has 0 saturated carbocycles. The first-order chi connectivity index (χ1) is 12.0. The quantitative estimate of drug-likeness (QED) is 0.814. The number of hydrogen-bond donors (Lipinski definition) is 1. The summed E-state index contributed by atoms with van der Waals surface area (Å²) in [5, 5.41) is 9.83. The van der Waals surface area contributed by atoms with Gasteiger partial charge in [-0.05, 0) is 17.7 Å². The second kappa shape index (κ2) is 7.64. The summed E-state index contributed by atoms with van der Waals surface area (Å²) in [6, 6.07) is 6.34. The van der Waals surface area contributed by atoms with Crippen molar-refractivity contribution in [3.63, 3.8) is 0 Å². The molecule has 0 aliphatic carbocycles. The number of likely N-dealkylation sites (tertiary alicyclic amines) is 2. The molecule has 0 aromatic heterocycles. The predicted octanol–water partition coefficient (Wildman–Crippen LogP) is 1.80. The van der Waals surface area contributed by atoms with Gasteiger partial charge in [-0.1, -0.05) is 24.3 Å². The normalized spacial score (nSPS) is 27.2. The monoisotopic (exact) mass is 348 g/mol. The number of halogens is 1. The van der Waals surface area contributed by atoms with Crippen LogP contribution in [0.25, 0.3) is 6.08 Å². The van der Waals surface area contributed by atoms with Crippen LogP contribution in [0.15, 0.2) is 30.3 Å². The molecule has 2 aliphatic heterocycles. The Balaban J connectivity index is 1.58. The minimum absolute atomic E-state index is 0.154. The van der Waals surface area contributed by atoms with E-state index in [0.717, 1.165) is 25.2 Å². The summed E-state index contributed by atoms with van der Waals surface area (Å²) >= 11 is 0. The van der Waals surface area contributed by atoms with Crippen molar-refractivity contribution in [2.45, 2.75) is 0 Å². The van der Waals surface area contributed by atoms with Gasteiger partial charge in [-0.3, -0.25) is 14.6 Å². The lowest BCUT2D eigenvalue weighted by molar-refractivity contribution is -0.148. The smallest absolute Gasteiger partial charge is 0.312 e. The third kappa shape index (κ3) is 3.92. The maximum absolute atomic E-state index is 12.9. The highest BCUT2D eigenvalue weighted by Gasteiger charge is 2.57. The summed E-state index contributed by atoms with van der Waals surface area (Å²) in [4.78, 5) is 16.4. The van der Waals surface area contributed by atoms with Crippen LogP contribution in [0.2, 0.25) is 0 Å². The Morgan fingerprint density at radius 3 is 2.64 bits per heavy atom. The fraction of sp³-hybridized carbons (Fsp3) is 0.526. The van der Waals surface area contributed by atoms with Gasteiger partial charge < -0.3 is 9.84 Å². The van der Waals surface area contributed by atoms with Crippen LogP contribution in [0.3, 0.4) is 0 Å². The average Bonchev–Trinajstić information content (AvgIpc) is 3.09. The van der Waals surface area contributed by atoms with Crippen molar-refractivity contribution in [3.05, 3.63) is 41.7 Å². The SMILES string of the molecule is COCCN1C[C@@H]2CN(CC=Cc3ccc(F)cc3)C[C@]2(C(=O)O)C1. The molecule has 1 aromatic carbocycles. The number of fused-ring (bicyclic) bond motifs is 1. The van der Waals surface area contributed by atoms with E-state index in [4.69, 9.17) is 4.74 Å². The van der Waals surface area contributed by atoms with Crippen LogP contribution < -0.4 is 0 Å². The van der Waals surface area contributed by atoms with Crippen molar-refractivity contribution in [2.75, 3.05) is 53.0 Å². The van der Waals surface area contributed by atoms with Crippen LogP contribution >= 0.6 is 0 Å². The minimum Gasteiger partial charge on any atom is -0.481 e. The average molecular weight is 348 g/mol. The third-order valence-electron chi connectivity index (χ3n) is 5.33. The predicted molar refractivity (Wildman–Crippen MR) is 93.7 cm³/mol. The molecule has 5 nitrogen and oxygen atoms in total. The van der Waals surface area contributed by atoms with Crippen LogP contribution in [0.5, 0.6) is 0 Å². The molecule has 2 heterocycles. The first-order valence-electron chi connectivity index (χ1n) is 8.62. The summed E-state index contributed by atoms with van der Waals surface area (Å²) in [5.74, 6) is -0.783. The molecule has 0 amide bonds. The molecular formula is C19H25FN2O3. The topological polar surface area (TPSA) is 53.0 Å². The highest BCUT2D eigenvalue weighted by atomic mass is 19.1. The van der Waals surface area contributed by atoms with E-state index in [9.17, 15) is 14.3 Å². The van der Waals surface area contributed by atoms with Gasteiger partial charge in [-0.15, -0.1) is 0 Å². The van der Waals surface area contributed by atoms with Crippen molar-refractivity contribution < 1.29 is 19.0 Å². The van der Waals surface area contributed by atoms with Crippen molar-refractivity contribution in [1.82, 2.24) is 9.80 Å². The molecule has 0 spiro atoms. The van der Waals surface area contributed by atoms with E-state index in [1.807, 2.05) is 12.2 Å². The number of ether oxygens (including phenoxy) is 1. The first-order valence-corrected chi connectivity index (χ1v) is 8.62. The molecule has 2 aliphatic rings. The van der Waals surface area contributed by atoms with Crippen molar-refractivity contribution in [2.24, 2.45) is 11.3 Å². The molecule has 0 bridgehead atoms. The van der Waals surface area contributed by atoms with Gasteiger partial charge in [0.25, 0.3) is 0 Å². The molecule has 1 N–H and O–H groups in total. The molecule has 1 aromatic rings. The van der Waals surface area contributed by atoms with Gasteiger partial charge >= 0.3 is 5.97 Å². The van der Waals surface area contributed by atoms with E-state index < -0.39 is 11.4 Å². The zero-order valence-electron chi connectivity index (χ0n) is 14.5. The Labute approximate surface area is 147 Å². The fourth-order valence-corrected chi connectivity index (χ4v) is 4.02. The Kier molecular flexibility index (Phi) is 5.51. The lowest BCUT2D eigenvalue weighted by atomic mass is 9.81. The zero-order chi connectivity index (χ0) is 17.9. The number of carboxylic acid groups (broad SMARTS) is 1. The Morgan fingerprint density at radius 1 is 1.32 bits per heavy atom. The van der Waals surface area contributed by atoms with Crippen LogP contribution in [0, 0.1) is 17.2 Å². The van der Waals surface area contributed by atoms with E-state index in [1.54, 1.807) is 19.2 Å². The van der Waals surface area contributed by atoms with E-state index in [0.29, 0.717) is 26.2 Å². The summed E-state index contributed by atoms with van der Waals surface area (Å²) < 4.78 is 18.0. The molecular weight excluding hydrogens is 323 g/mol. The third-order valence-corrected chi connectivity index (χ3v) is 5.33. The summed E-state index contributed by atoms with van der Waals surface area (Å²) in [7, 11) is 1.67. The second-order valence-corrected chi connectivity index (χ2v) is 7.03. The highest BCUT2D eigenvalue weighted by molar-refractivity contribution is 5.77. The standard InChI is InChI=1S/C19H25FN2O3/c1-25-10-9-22-12-16-11-21(13-19(16,14-22)18(23)24)8-2-3-15-4-6-17(20)7-5-15/h2-7,16H,8-14H2,1H3,(H,23,24)/t16-,19-/m0/s1.